The highest BCUT2D eigenvalue weighted by Crippen LogP contribution is 2.64. The van der Waals surface area contributed by atoms with Gasteiger partial charge in [-0.3, -0.25) is 13.7 Å². The summed E-state index contributed by atoms with van der Waals surface area (Å²) in [5.41, 5.74) is 4.43. The first-order valence-corrected chi connectivity index (χ1v) is 12.6. The van der Waals surface area contributed by atoms with Gasteiger partial charge in [0.25, 0.3) is 0 Å². The van der Waals surface area contributed by atoms with Crippen LogP contribution < -0.4 is 11.4 Å². The van der Waals surface area contributed by atoms with Gasteiger partial charge < -0.3 is 44.8 Å². The summed E-state index contributed by atoms with van der Waals surface area (Å²) in [6, 6.07) is 1.22. The van der Waals surface area contributed by atoms with Crippen LogP contribution >= 0.6 is 23.0 Å². The van der Waals surface area contributed by atoms with Crippen molar-refractivity contribution in [2.45, 2.75) is 24.5 Å². The molecule has 1 aliphatic heterocycles. The summed E-state index contributed by atoms with van der Waals surface area (Å²) in [7, 11) is -15.6. The number of rotatable bonds is 8. The number of aliphatic hydroxyl groups is 2. The first kappa shape index (κ1) is 24.3. The molecule has 2 heterocycles. The van der Waals surface area contributed by atoms with Crippen LogP contribution in [0.1, 0.15) is 6.23 Å². The molecule has 1 saturated heterocycles. The van der Waals surface area contributed by atoms with Gasteiger partial charge in [0.05, 0.1) is 6.61 Å². The number of phosphoric acid groups is 1. The maximum Gasteiger partial charge on any atom is 0.476 e. The number of hydrogen-bond donors (Lipinski definition) is 7. The van der Waals surface area contributed by atoms with Gasteiger partial charge in [-0.25, -0.2) is 13.7 Å². The number of nitrogen functional groups attached to an aromatic ring is 1. The molecule has 1 aromatic heterocycles. The predicted octanol–water partition coefficient (Wildman–Crippen LogP) is -2.10. The molecule has 0 aliphatic carbocycles. The van der Waals surface area contributed by atoms with Gasteiger partial charge in [0.2, 0.25) is 0 Å². The van der Waals surface area contributed by atoms with Crippen molar-refractivity contribution in [3.63, 3.8) is 0 Å². The van der Waals surface area contributed by atoms with E-state index in [1.165, 1.54) is 6.07 Å². The average molecular weight is 481 g/mol. The lowest BCUT2D eigenvalue weighted by molar-refractivity contribution is -0.0523. The van der Waals surface area contributed by atoms with Gasteiger partial charge in [-0.15, -0.1) is 0 Å². The highest BCUT2D eigenvalue weighted by Gasteiger charge is 2.46. The highest BCUT2D eigenvalue weighted by atomic mass is 31.3. The van der Waals surface area contributed by atoms with Gasteiger partial charge in [0, 0.05) is 6.20 Å². The van der Waals surface area contributed by atoms with E-state index in [1.54, 1.807) is 0 Å². The van der Waals surface area contributed by atoms with Crippen molar-refractivity contribution in [2.24, 2.45) is 0 Å². The fourth-order valence-electron chi connectivity index (χ4n) is 2.36. The molecule has 19 heteroatoms. The third-order valence-electron chi connectivity index (χ3n) is 3.49. The SMILES string of the molecule is Nc1ccn([C@@H]2O[C@H](COP(=O)(O)CP(=O)(O)OP(=O)(O)O)[C@H](O)C2O)c(=O)n1. The van der Waals surface area contributed by atoms with Crippen molar-refractivity contribution in [3.05, 3.63) is 22.7 Å². The second-order valence-electron chi connectivity index (χ2n) is 5.87. The molecule has 3 unspecified atom stereocenters. The fraction of sp³-hybridized carbons (Fsp3) is 0.600. The van der Waals surface area contributed by atoms with Gasteiger partial charge in [-0.05, 0) is 6.07 Å². The second-order valence-corrected chi connectivity index (χ2v) is 11.4. The summed E-state index contributed by atoms with van der Waals surface area (Å²) in [6.07, 6.45) is -5.14. The number of aromatic nitrogens is 2. The molecule has 1 aliphatic rings. The lowest BCUT2D eigenvalue weighted by atomic mass is 10.1. The minimum Gasteiger partial charge on any atom is -0.387 e. The molecule has 0 radical (unpaired) electrons. The lowest BCUT2D eigenvalue weighted by Crippen LogP contribution is -2.36. The lowest BCUT2D eigenvalue weighted by Gasteiger charge is -2.19. The molecule has 29 heavy (non-hydrogen) atoms. The maximum atomic E-state index is 11.9. The van der Waals surface area contributed by atoms with E-state index in [0.29, 0.717) is 0 Å². The van der Waals surface area contributed by atoms with E-state index in [2.05, 4.69) is 13.8 Å². The standard InChI is InChI=1S/C10H18N3O13P3/c11-6-1-2-13(10(16)12-6)9-8(15)7(14)5(25-9)3-24-27(17,18)4-28(19,20)26-29(21,22)23/h1-2,5,7-9,14-15H,3-4H2,(H,17,18)(H,19,20)(H2,11,12,16)(H2,21,22,23)/t5-,7+,8?,9-/m1/s1. The number of hydrogen-bond acceptors (Lipinski definition) is 11. The van der Waals surface area contributed by atoms with Crippen LogP contribution in [0.3, 0.4) is 0 Å². The fourth-order valence-corrected chi connectivity index (χ4v) is 6.88. The van der Waals surface area contributed by atoms with Gasteiger partial charge in [0.1, 0.15) is 24.1 Å². The van der Waals surface area contributed by atoms with Crippen LogP contribution in [0.2, 0.25) is 0 Å². The molecule has 16 nitrogen and oxygen atoms in total. The van der Waals surface area contributed by atoms with Crippen molar-refractivity contribution in [2.75, 3.05) is 18.2 Å². The van der Waals surface area contributed by atoms with Crippen molar-refractivity contribution in [1.82, 2.24) is 9.55 Å². The molecule has 166 valence electrons. The van der Waals surface area contributed by atoms with Crippen molar-refractivity contribution in [1.29, 1.82) is 0 Å². The largest absolute Gasteiger partial charge is 0.476 e. The van der Waals surface area contributed by atoms with Crippen LogP contribution in [0.5, 0.6) is 0 Å². The minimum atomic E-state index is -5.43. The molecule has 2 rings (SSSR count). The smallest absolute Gasteiger partial charge is 0.387 e. The summed E-state index contributed by atoms with van der Waals surface area (Å²) >= 11 is 0. The Morgan fingerprint density at radius 1 is 1.14 bits per heavy atom. The molecule has 0 bridgehead atoms. The molecular formula is C10H18N3O13P3. The summed E-state index contributed by atoms with van der Waals surface area (Å²) in [5.74, 6) is -1.77. The van der Waals surface area contributed by atoms with Crippen LogP contribution in [-0.4, -0.2) is 70.2 Å². The number of nitrogens with zero attached hydrogens (tertiary/aromatic N) is 2. The zero-order chi connectivity index (χ0) is 22.2. The number of aliphatic hydroxyl groups excluding tert-OH is 2. The van der Waals surface area contributed by atoms with E-state index >= 15 is 0 Å². The van der Waals surface area contributed by atoms with E-state index in [-0.39, 0.29) is 5.82 Å². The molecule has 1 fully saturated rings. The number of nitrogens with two attached hydrogens (primary N) is 1. The first-order chi connectivity index (χ1) is 13.1. The average Bonchev–Trinajstić information content (AvgIpc) is 2.78. The van der Waals surface area contributed by atoms with Crippen LogP contribution in [0, 0.1) is 0 Å². The normalized spacial score (nSPS) is 29.3. The molecular weight excluding hydrogens is 463 g/mol. The second kappa shape index (κ2) is 8.63. The Hall–Kier alpha value is -0.990. The van der Waals surface area contributed by atoms with E-state index < -0.39 is 65.8 Å². The van der Waals surface area contributed by atoms with Crippen LogP contribution in [0.15, 0.2) is 17.1 Å². The molecule has 8 N–H and O–H groups in total. The molecule has 1 aromatic rings. The van der Waals surface area contributed by atoms with E-state index in [4.69, 9.17) is 20.3 Å². The van der Waals surface area contributed by atoms with Gasteiger partial charge in [-0.2, -0.15) is 4.98 Å². The molecule has 0 spiro atoms. The Morgan fingerprint density at radius 3 is 2.31 bits per heavy atom. The van der Waals surface area contributed by atoms with Crippen molar-refractivity contribution in [3.8, 4) is 0 Å². The summed E-state index contributed by atoms with van der Waals surface area (Å²) < 4.78 is 48.2. The van der Waals surface area contributed by atoms with Crippen molar-refractivity contribution >= 4 is 28.8 Å². The topological polar surface area (TPSA) is 261 Å². The zero-order valence-corrected chi connectivity index (χ0v) is 16.9. The van der Waals surface area contributed by atoms with E-state index in [0.717, 1.165) is 10.8 Å². The Morgan fingerprint density at radius 2 is 1.76 bits per heavy atom. The Labute approximate surface area is 161 Å². The highest BCUT2D eigenvalue weighted by molar-refractivity contribution is 7.74. The molecule has 0 amide bonds. The van der Waals surface area contributed by atoms with Gasteiger partial charge >= 0.3 is 28.7 Å². The number of anilines is 1. The van der Waals surface area contributed by atoms with Crippen LogP contribution in [0.25, 0.3) is 0 Å². The molecule has 6 atom stereocenters. The Balaban J connectivity index is 2.05. The summed E-state index contributed by atoms with van der Waals surface area (Å²) in [6.45, 7) is -0.893. The molecule has 0 aromatic carbocycles. The van der Waals surface area contributed by atoms with E-state index in [9.17, 15) is 38.5 Å². The summed E-state index contributed by atoms with van der Waals surface area (Å²) in [5, 5.41) is 20.0. The van der Waals surface area contributed by atoms with Crippen LogP contribution in [-0.2, 0) is 27.3 Å². The third-order valence-corrected chi connectivity index (χ3v) is 8.78. The monoisotopic (exact) mass is 481 g/mol. The Bertz CT molecular complexity index is 946. The van der Waals surface area contributed by atoms with Crippen molar-refractivity contribution < 1.29 is 57.1 Å². The quantitative estimate of drug-likeness (QED) is 0.196. The third kappa shape index (κ3) is 6.76. The van der Waals surface area contributed by atoms with E-state index in [1.807, 2.05) is 0 Å². The summed E-state index contributed by atoms with van der Waals surface area (Å²) in [4.78, 5) is 51.1. The van der Waals surface area contributed by atoms with Gasteiger partial charge in [-0.1, -0.05) is 0 Å². The zero-order valence-electron chi connectivity index (χ0n) is 14.2. The van der Waals surface area contributed by atoms with Gasteiger partial charge in [0.15, 0.2) is 12.1 Å². The minimum absolute atomic E-state index is 0.105. The predicted molar refractivity (Wildman–Crippen MR) is 92.4 cm³/mol. The molecule has 0 saturated carbocycles. The first-order valence-electron chi connectivity index (χ1n) is 7.51. The van der Waals surface area contributed by atoms with Crippen LogP contribution in [0.4, 0.5) is 5.82 Å². The Kier molecular flexibility index (Phi) is 7.23. The maximum absolute atomic E-state index is 11.9. The number of ether oxygens (including phenoxy) is 1.